The topological polar surface area (TPSA) is 102 Å². The molecule has 1 atom stereocenters. The van der Waals surface area contributed by atoms with E-state index in [-0.39, 0.29) is 10.9 Å². The van der Waals surface area contributed by atoms with Gasteiger partial charge in [0.25, 0.3) is 5.91 Å². The number of nitrogens with zero attached hydrogens (tertiary/aromatic N) is 4. The number of thiophene rings is 1. The van der Waals surface area contributed by atoms with E-state index in [4.69, 9.17) is 0 Å². The quantitative estimate of drug-likeness (QED) is 0.496. The SMILES string of the molecule is CCC(C(=O)NN=Cc1ccc(F)s1)n1nc([N+](=O)[O-])cc1C. The predicted octanol–water partition coefficient (Wildman–Crippen LogP) is 2.40. The van der Waals surface area contributed by atoms with E-state index in [9.17, 15) is 19.3 Å². The third kappa shape index (κ3) is 3.97. The molecule has 0 aliphatic rings. The smallest absolute Gasteiger partial charge is 0.358 e. The number of aromatic nitrogens is 2. The number of carbonyl (C=O) groups is 1. The average Bonchev–Trinajstić information content (AvgIpc) is 3.07. The summed E-state index contributed by atoms with van der Waals surface area (Å²) in [6.45, 7) is 3.39. The zero-order chi connectivity index (χ0) is 17.0. The normalized spacial score (nSPS) is 12.5. The summed E-state index contributed by atoms with van der Waals surface area (Å²) in [5.74, 6) is -0.770. The first-order valence-corrected chi connectivity index (χ1v) is 7.52. The maximum absolute atomic E-state index is 12.8. The number of amides is 1. The fraction of sp³-hybridized carbons (Fsp3) is 0.308. The summed E-state index contributed by atoms with van der Waals surface area (Å²) in [5.41, 5.74) is 2.84. The molecule has 0 fully saturated rings. The van der Waals surface area contributed by atoms with Crippen LogP contribution in [0.3, 0.4) is 0 Å². The second-order valence-corrected chi connectivity index (χ2v) is 5.71. The third-order valence-corrected chi connectivity index (χ3v) is 3.85. The average molecular weight is 339 g/mol. The van der Waals surface area contributed by atoms with Gasteiger partial charge in [-0.25, -0.2) is 5.43 Å². The number of hydrazone groups is 1. The van der Waals surface area contributed by atoms with Crippen molar-refractivity contribution in [3.63, 3.8) is 0 Å². The molecule has 0 radical (unpaired) electrons. The van der Waals surface area contributed by atoms with Gasteiger partial charge in [0.15, 0.2) is 11.2 Å². The van der Waals surface area contributed by atoms with Crippen LogP contribution in [0.5, 0.6) is 0 Å². The second kappa shape index (κ2) is 7.09. The highest BCUT2D eigenvalue weighted by molar-refractivity contribution is 7.12. The van der Waals surface area contributed by atoms with Crippen molar-refractivity contribution >= 4 is 29.3 Å². The summed E-state index contributed by atoms with van der Waals surface area (Å²) in [7, 11) is 0. The van der Waals surface area contributed by atoms with Crippen LogP contribution < -0.4 is 5.43 Å². The Kier molecular flexibility index (Phi) is 5.16. The zero-order valence-electron chi connectivity index (χ0n) is 12.4. The van der Waals surface area contributed by atoms with Crippen molar-refractivity contribution in [3.8, 4) is 0 Å². The fourth-order valence-electron chi connectivity index (χ4n) is 1.98. The van der Waals surface area contributed by atoms with Crippen LogP contribution in [0.25, 0.3) is 0 Å². The summed E-state index contributed by atoms with van der Waals surface area (Å²) in [5, 5.41) is 18.0. The molecular weight excluding hydrogens is 325 g/mol. The van der Waals surface area contributed by atoms with Gasteiger partial charge in [0.1, 0.15) is 0 Å². The van der Waals surface area contributed by atoms with Crippen LogP contribution in [0.4, 0.5) is 10.2 Å². The summed E-state index contributed by atoms with van der Waals surface area (Å²) in [6, 6.07) is 3.41. The first-order valence-electron chi connectivity index (χ1n) is 6.71. The molecule has 1 amide bonds. The van der Waals surface area contributed by atoms with E-state index >= 15 is 0 Å². The Bertz CT molecular complexity index is 755. The molecule has 2 aromatic heterocycles. The van der Waals surface area contributed by atoms with Gasteiger partial charge in [-0.15, -0.1) is 11.3 Å². The highest BCUT2D eigenvalue weighted by atomic mass is 32.1. The van der Waals surface area contributed by atoms with Crippen LogP contribution >= 0.6 is 11.3 Å². The van der Waals surface area contributed by atoms with E-state index in [1.165, 1.54) is 29.1 Å². The Morgan fingerprint density at radius 1 is 1.65 bits per heavy atom. The molecule has 2 rings (SSSR count). The molecule has 2 heterocycles. The molecule has 0 spiro atoms. The Hall–Kier alpha value is -2.62. The lowest BCUT2D eigenvalue weighted by Gasteiger charge is -2.11. The molecule has 10 heteroatoms. The van der Waals surface area contributed by atoms with E-state index in [1.54, 1.807) is 13.8 Å². The molecule has 2 aromatic rings. The summed E-state index contributed by atoms with van der Waals surface area (Å²) in [6.07, 6.45) is 1.71. The number of aryl methyl sites for hydroxylation is 1. The lowest BCUT2D eigenvalue weighted by atomic mass is 10.2. The van der Waals surface area contributed by atoms with Gasteiger partial charge < -0.3 is 10.1 Å². The van der Waals surface area contributed by atoms with Crippen LogP contribution in [0.15, 0.2) is 23.3 Å². The van der Waals surface area contributed by atoms with E-state index < -0.39 is 16.9 Å². The van der Waals surface area contributed by atoms with E-state index in [1.807, 2.05) is 0 Å². The maximum atomic E-state index is 12.8. The van der Waals surface area contributed by atoms with E-state index in [2.05, 4.69) is 15.6 Å². The largest absolute Gasteiger partial charge is 0.390 e. The third-order valence-electron chi connectivity index (χ3n) is 3.04. The highest BCUT2D eigenvalue weighted by Gasteiger charge is 2.26. The van der Waals surface area contributed by atoms with Gasteiger partial charge in [-0.2, -0.15) is 14.2 Å². The molecule has 0 aliphatic heterocycles. The summed E-state index contributed by atoms with van der Waals surface area (Å²) >= 11 is 0.899. The van der Waals surface area contributed by atoms with E-state index in [0.29, 0.717) is 17.0 Å². The Morgan fingerprint density at radius 2 is 2.39 bits per heavy atom. The lowest BCUT2D eigenvalue weighted by Crippen LogP contribution is -2.30. The summed E-state index contributed by atoms with van der Waals surface area (Å²) in [4.78, 5) is 22.9. The molecule has 122 valence electrons. The number of carbonyl (C=O) groups excluding carboxylic acids is 1. The van der Waals surface area contributed by atoms with Crippen LogP contribution in [-0.4, -0.2) is 26.8 Å². The van der Waals surface area contributed by atoms with Gasteiger partial charge in [-0.1, -0.05) is 6.92 Å². The highest BCUT2D eigenvalue weighted by Crippen LogP contribution is 2.19. The first-order chi connectivity index (χ1) is 10.9. The van der Waals surface area contributed by atoms with Crippen molar-refractivity contribution < 1.29 is 14.1 Å². The second-order valence-electron chi connectivity index (χ2n) is 4.65. The molecular formula is C13H14FN5O3S. The van der Waals surface area contributed by atoms with Crippen molar-refractivity contribution in [3.05, 3.63) is 44.0 Å². The molecule has 8 nitrogen and oxygen atoms in total. The minimum absolute atomic E-state index is 0.314. The maximum Gasteiger partial charge on any atom is 0.390 e. The monoisotopic (exact) mass is 339 g/mol. The number of hydrogen-bond acceptors (Lipinski definition) is 6. The molecule has 23 heavy (non-hydrogen) atoms. The number of halogens is 1. The molecule has 0 aliphatic carbocycles. The van der Waals surface area contributed by atoms with Crippen molar-refractivity contribution in [2.24, 2.45) is 5.10 Å². The minimum Gasteiger partial charge on any atom is -0.358 e. The Labute approximate surface area is 134 Å². The number of rotatable bonds is 6. The van der Waals surface area contributed by atoms with Crippen LogP contribution in [-0.2, 0) is 4.79 Å². The predicted molar refractivity (Wildman–Crippen MR) is 83.0 cm³/mol. The summed E-state index contributed by atoms with van der Waals surface area (Å²) < 4.78 is 14.1. The van der Waals surface area contributed by atoms with Crippen molar-refractivity contribution in [1.82, 2.24) is 15.2 Å². The lowest BCUT2D eigenvalue weighted by molar-refractivity contribution is -0.389. The van der Waals surface area contributed by atoms with Gasteiger partial charge in [-0.3, -0.25) is 4.79 Å². The number of nitro groups is 1. The number of nitrogens with one attached hydrogen (secondary N) is 1. The molecule has 1 unspecified atom stereocenters. The Balaban J connectivity index is 2.09. The van der Waals surface area contributed by atoms with Gasteiger partial charge >= 0.3 is 5.82 Å². The fourth-order valence-corrected chi connectivity index (χ4v) is 2.58. The first kappa shape index (κ1) is 16.7. The molecule has 0 bridgehead atoms. The molecule has 0 aromatic carbocycles. The standard InChI is InChI=1S/C13H14FN5O3S/c1-3-10(18-8(2)6-12(17-18)19(21)22)13(20)16-15-7-9-4-5-11(14)23-9/h4-7,10H,3H2,1-2H3,(H,16,20). The Morgan fingerprint density at radius 3 is 2.91 bits per heavy atom. The van der Waals surface area contributed by atoms with Gasteiger partial charge in [0.05, 0.1) is 28.0 Å². The molecule has 0 saturated carbocycles. The van der Waals surface area contributed by atoms with Gasteiger partial charge in [-0.05, 0) is 30.4 Å². The van der Waals surface area contributed by atoms with Gasteiger partial charge in [0.2, 0.25) is 0 Å². The van der Waals surface area contributed by atoms with Gasteiger partial charge in [0, 0.05) is 0 Å². The van der Waals surface area contributed by atoms with Crippen molar-refractivity contribution in [2.75, 3.05) is 0 Å². The minimum atomic E-state index is -0.721. The van der Waals surface area contributed by atoms with E-state index in [0.717, 1.165) is 11.3 Å². The molecule has 1 N–H and O–H groups in total. The van der Waals surface area contributed by atoms with Crippen molar-refractivity contribution in [2.45, 2.75) is 26.3 Å². The number of hydrogen-bond donors (Lipinski definition) is 1. The molecule has 0 saturated heterocycles. The zero-order valence-corrected chi connectivity index (χ0v) is 13.2. The van der Waals surface area contributed by atoms with Crippen LogP contribution in [0, 0.1) is 22.2 Å². The van der Waals surface area contributed by atoms with Crippen molar-refractivity contribution in [1.29, 1.82) is 0 Å². The van der Waals surface area contributed by atoms with Crippen LogP contribution in [0.2, 0.25) is 0 Å². The van der Waals surface area contributed by atoms with Crippen LogP contribution in [0.1, 0.15) is 30.0 Å².